The quantitative estimate of drug-likeness (QED) is 0.694. The molecule has 0 bridgehead atoms. The second-order valence-corrected chi connectivity index (χ2v) is 3.39. The molecular formula is C12H18O5. The average molecular weight is 242 g/mol. The number of hydrogen-bond donors (Lipinski definition) is 1. The van der Waals surface area contributed by atoms with Gasteiger partial charge in [-0.25, -0.2) is 0 Å². The highest BCUT2D eigenvalue weighted by atomic mass is 16.7. The molecule has 0 fully saturated rings. The molecule has 96 valence electrons. The molecule has 0 aliphatic rings. The SMILES string of the molecule is COCOc1cc(CCO)cc(OCOC)c1. The van der Waals surface area contributed by atoms with Crippen LogP contribution >= 0.6 is 0 Å². The molecule has 0 unspecified atom stereocenters. The van der Waals surface area contributed by atoms with Gasteiger partial charge in [0.05, 0.1) is 0 Å². The lowest BCUT2D eigenvalue weighted by atomic mass is 10.1. The molecule has 0 aliphatic heterocycles. The lowest BCUT2D eigenvalue weighted by Crippen LogP contribution is -2.03. The fourth-order valence-corrected chi connectivity index (χ4v) is 1.32. The Morgan fingerprint density at radius 1 is 0.941 bits per heavy atom. The summed E-state index contributed by atoms with van der Waals surface area (Å²) in [6.45, 7) is 0.427. The third kappa shape index (κ3) is 5.04. The monoisotopic (exact) mass is 242 g/mol. The van der Waals surface area contributed by atoms with Crippen LogP contribution in [0.3, 0.4) is 0 Å². The van der Waals surface area contributed by atoms with E-state index in [0.717, 1.165) is 5.56 Å². The van der Waals surface area contributed by atoms with E-state index >= 15 is 0 Å². The number of rotatable bonds is 8. The van der Waals surface area contributed by atoms with E-state index in [4.69, 9.17) is 24.1 Å². The average Bonchev–Trinajstić information content (AvgIpc) is 2.34. The van der Waals surface area contributed by atoms with Gasteiger partial charge in [-0.05, 0) is 24.1 Å². The molecule has 0 atom stereocenters. The van der Waals surface area contributed by atoms with E-state index < -0.39 is 0 Å². The first-order valence-electron chi connectivity index (χ1n) is 5.28. The maximum absolute atomic E-state index is 8.92. The Morgan fingerprint density at radius 3 is 1.88 bits per heavy atom. The molecule has 1 aromatic rings. The van der Waals surface area contributed by atoms with Crippen LogP contribution in [-0.4, -0.2) is 39.5 Å². The van der Waals surface area contributed by atoms with Crippen LogP contribution in [0.2, 0.25) is 0 Å². The number of aliphatic hydroxyl groups excluding tert-OH is 1. The molecule has 0 aromatic heterocycles. The number of hydrogen-bond acceptors (Lipinski definition) is 5. The molecule has 0 spiro atoms. The van der Waals surface area contributed by atoms with E-state index in [1.807, 2.05) is 12.1 Å². The predicted octanol–water partition coefficient (Wildman–Crippen LogP) is 1.19. The molecule has 0 amide bonds. The van der Waals surface area contributed by atoms with Crippen molar-refractivity contribution < 1.29 is 24.1 Å². The third-order valence-electron chi connectivity index (χ3n) is 2.03. The zero-order valence-corrected chi connectivity index (χ0v) is 10.1. The van der Waals surface area contributed by atoms with E-state index in [1.165, 1.54) is 0 Å². The number of benzene rings is 1. The summed E-state index contributed by atoms with van der Waals surface area (Å²) in [7, 11) is 3.11. The standard InChI is InChI=1S/C12H18O5/c1-14-8-16-11-5-10(3-4-13)6-12(7-11)17-9-15-2/h5-7,13H,3-4,8-9H2,1-2H3. The highest BCUT2D eigenvalue weighted by Gasteiger charge is 2.03. The fourth-order valence-electron chi connectivity index (χ4n) is 1.32. The second-order valence-electron chi connectivity index (χ2n) is 3.39. The van der Waals surface area contributed by atoms with Crippen molar-refractivity contribution in [2.45, 2.75) is 6.42 Å². The van der Waals surface area contributed by atoms with Crippen molar-refractivity contribution in [2.75, 3.05) is 34.4 Å². The third-order valence-corrected chi connectivity index (χ3v) is 2.03. The van der Waals surface area contributed by atoms with Crippen LogP contribution in [0.1, 0.15) is 5.56 Å². The van der Waals surface area contributed by atoms with Gasteiger partial charge in [0.2, 0.25) is 0 Å². The first-order chi connectivity index (χ1) is 8.30. The molecule has 5 nitrogen and oxygen atoms in total. The fraction of sp³-hybridized carbons (Fsp3) is 0.500. The van der Waals surface area contributed by atoms with Gasteiger partial charge in [0.1, 0.15) is 11.5 Å². The van der Waals surface area contributed by atoms with Crippen LogP contribution in [0, 0.1) is 0 Å². The van der Waals surface area contributed by atoms with Crippen molar-refractivity contribution in [3.63, 3.8) is 0 Å². The van der Waals surface area contributed by atoms with Gasteiger partial charge < -0.3 is 24.1 Å². The lowest BCUT2D eigenvalue weighted by molar-refractivity contribution is 0.0459. The minimum Gasteiger partial charge on any atom is -0.467 e. The molecule has 0 saturated carbocycles. The zero-order valence-electron chi connectivity index (χ0n) is 10.1. The summed E-state index contributed by atoms with van der Waals surface area (Å²) in [5.74, 6) is 1.29. The van der Waals surface area contributed by atoms with Crippen molar-refractivity contribution in [3.05, 3.63) is 23.8 Å². The van der Waals surface area contributed by atoms with Gasteiger partial charge in [0.25, 0.3) is 0 Å². The molecule has 1 aromatic carbocycles. The smallest absolute Gasteiger partial charge is 0.188 e. The normalized spacial score (nSPS) is 10.3. The molecule has 0 saturated heterocycles. The largest absolute Gasteiger partial charge is 0.467 e. The van der Waals surface area contributed by atoms with Crippen LogP contribution in [0.15, 0.2) is 18.2 Å². The van der Waals surface area contributed by atoms with E-state index in [2.05, 4.69) is 0 Å². The first-order valence-corrected chi connectivity index (χ1v) is 5.28. The van der Waals surface area contributed by atoms with Gasteiger partial charge in [0, 0.05) is 26.9 Å². The van der Waals surface area contributed by atoms with Crippen LogP contribution in [-0.2, 0) is 15.9 Å². The lowest BCUT2D eigenvalue weighted by Gasteiger charge is -2.11. The van der Waals surface area contributed by atoms with Crippen LogP contribution < -0.4 is 9.47 Å². The zero-order chi connectivity index (χ0) is 12.5. The number of methoxy groups -OCH3 is 2. The molecule has 0 radical (unpaired) electrons. The van der Waals surface area contributed by atoms with Crippen molar-refractivity contribution >= 4 is 0 Å². The summed E-state index contributed by atoms with van der Waals surface area (Å²) in [6.07, 6.45) is 0.549. The topological polar surface area (TPSA) is 57.2 Å². The van der Waals surface area contributed by atoms with E-state index in [1.54, 1.807) is 20.3 Å². The first kappa shape index (κ1) is 13.8. The van der Waals surface area contributed by atoms with Gasteiger partial charge in [-0.1, -0.05) is 0 Å². The van der Waals surface area contributed by atoms with Crippen LogP contribution in [0.5, 0.6) is 11.5 Å². The van der Waals surface area contributed by atoms with Crippen molar-refractivity contribution in [1.82, 2.24) is 0 Å². The highest BCUT2D eigenvalue weighted by molar-refractivity contribution is 5.38. The molecule has 17 heavy (non-hydrogen) atoms. The molecule has 1 rings (SSSR count). The van der Waals surface area contributed by atoms with E-state index in [0.29, 0.717) is 17.9 Å². The van der Waals surface area contributed by atoms with Crippen molar-refractivity contribution in [2.24, 2.45) is 0 Å². The van der Waals surface area contributed by atoms with Gasteiger partial charge in [0.15, 0.2) is 13.6 Å². The highest BCUT2D eigenvalue weighted by Crippen LogP contribution is 2.23. The van der Waals surface area contributed by atoms with Crippen LogP contribution in [0.4, 0.5) is 0 Å². The molecule has 0 aliphatic carbocycles. The van der Waals surface area contributed by atoms with Crippen molar-refractivity contribution in [1.29, 1.82) is 0 Å². The Hall–Kier alpha value is -1.30. The Labute approximate surface area is 101 Å². The summed E-state index contributed by atoms with van der Waals surface area (Å²) in [5, 5.41) is 8.92. The Kier molecular flexibility index (Phi) is 6.39. The molecule has 5 heteroatoms. The summed E-state index contributed by atoms with van der Waals surface area (Å²) in [4.78, 5) is 0. The van der Waals surface area contributed by atoms with Gasteiger partial charge >= 0.3 is 0 Å². The maximum Gasteiger partial charge on any atom is 0.188 e. The summed E-state index contributed by atoms with van der Waals surface area (Å²) in [6, 6.07) is 5.43. The summed E-state index contributed by atoms with van der Waals surface area (Å²) >= 11 is 0. The Bertz CT molecular complexity index is 300. The second kappa shape index (κ2) is 7.89. The summed E-state index contributed by atoms with van der Waals surface area (Å²) < 4.78 is 20.3. The Morgan fingerprint density at radius 2 is 1.47 bits per heavy atom. The van der Waals surface area contributed by atoms with Gasteiger partial charge in [-0.2, -0.15) is 0 Å². The van der Waals surface area contributed by atoms with Gasteiger partial charge in [-0.15, -0.1) is 0 Å². The van der Waals surface area contributed by atoms with Crippen molar-refractivity contribution in [3.8, 4) is 11.5 Å². The predicted molar refractivity (Wildman–Crippen MR) is 62.2 cm³/mol. The molecule has 1 N–H and O–H groups in total. The number of ether oxygens (including phenoxy) is 4. The van der Waals surface area contributed by atoms with Gasteiger partial charge in [-0.3, -0.25) is 0 Å². The van der Waals surface area contributed by atoms with E-state index in [-0.39, 0.29) is 20.2 Å². The minimum absolute atomic E-state index is 0.0808. The molecule has 0 heterocycles. The minimum atomic E-state index is 0.0808. The van der Waals surface area contributed by atoms with Crippen LogP contribution in [0.25, 0.3) is 0 Å². The van der Waals surface area contributed by atoms with E-state index in [9.17, 15) is 0 Å². The summed E-state index contributed by atoms with van der Waals surface area (Å²) in [5.41, 5.74) is 0.937. The maximum atomic E-state index is 8.92. The molecular weight excluding hydrogens is 224 g/mol. The number of aliphatic hydroxyl groups is 1. The Balaban J connectivity index is 2.76.